The molecule has 7 heteroatoms. The van der Waals surface area contributed by atoms with E-state index in [-0.39, 0.29) is 18.9 Å². The van der Waals surface area contributed by atoms with Gasteiger partial charge in [0.1, 0.15) is 5.01 Å². The van der Waals surface area contributed by atoms with Gasteiger partial charge in [0, 0.05) is 11.9 Å². The van der Waals surface area contributed by atoms with Crippen LogP contribution in [0.4, 0.5) is 0 Å². The lowest BCUT2D eigenvalue weighted by atomic mass is 10.1. The van der Waals surface area contributed by atoms with Gasteiger partial charge in [-0.15, -0.1) is 22.7 Å². The third kappa shape index (κ3) is 6.30. The van der Waals surface area contributed by atoms with Crippen LogP contribution in [0.3, 0.4) is 0 Å². The Hall–Kier alpha value is -2.51. The van der Waals surface area contributed by atoms with Crippen molar-refractivity contribution in [1.29, 1.82) is 0 Å². The lowest BCUT2D eigenvalue weighted by molar-refractivity contribution is -0.147. The topological polar surface area (TPSA) is 68.3 Å². The second-order valence-electron chi connectivity index (χ2n) is 5.90. The van der Waals surface area contributed by atoms with Crippen molar-refractivity contribution in [3.8, 4) is 9.88 Å². The van der Waals surface area contributed by atoms with E-state index in [2.05, 4.69) is 22.4 Å². The average Bonchev–Trinajstić information content (AvgIpc) is 3.36. The standard InChI is InChI=1S/C20H20N2O3S2/c23-18(21-10-4-8-15-6-2-1-3-7-15)13-25-19(24)12-16-14-27-20(22-16)17-9-5-11-26-17/h1-3,5-7,9,11,14H,4,8,10,12-13H2,(H,21,23). The van der Waals surface area contributed by atoms with Gasteiger partial charge in [0.25, 0.3) is 5.91 Å². The molecule has 2 heterocycles. The molecule has 0 aliphatic heterocycles. The number of carbonyl (C=O) groups is 2. The first-order chi connectivity index (χ1) is 13.2. The highest BCUT2D eigenvalue weighted by atomic mass is 32.1. The molecule has 0 radical (unpaired) electrons. The Morgan fingerprint density at radius 3 is 2.70 bits per heavy atom. The van der Waals surface area contributed by atoms with Gasteiger partial charge >= 0.3 is 5.97 Å². The molecule has 140 valence electrons. The Bertz CT molecular complexity index is 861. The molecule has 3 aromatic rings. The molecule has 0 saturated heterocycles. The summed E-state index contributed by atoms with van der Waals surface area (Å²) < 4.78 is 5.04. The smallest absolute Gasteiger partial charge is 0.312 e. The van der Waals surface area contributed by atoms with E-state index in [1.807, 2.05) is 41.1 Å². The molecular weight excluding hydrogens is 380 g/mol. The lowest BCUT2D eigenvalue weighted by Gasteiger charge is -2.06. The van der Waals surface area contributed by atoms with E-state index < -0.39 is 5.97 Å². The first-order valence-corrected chi connectivity index (χ1v) is 10.4. The molecule has 0 spiro atoms. The average molecular weight is 401 g/mol. The quantitative estimate of drug-likeness (QED) is 0.439. The number of benzene rings is 1. The number of amides is 1. The largest absolute Gasteiger partial charge is 0.455 e. The van der Waals surface area contributed by atoms with Crippen LogP contribution in [0, 0.1) is 0 Å². The third-order valence-electron chi connectivity index (χ3n) is 3.78. The predicted molar refractivity (Wildman–Crippen MR) is 108 cm³/mol. The molecule has 0 bridgehead atoms. The van der Waals surface area contributed by atoms with E-state index in [9.17, 15) is 9.59 Å². The summed E-state index contributed by atoms with van der Waals surface area (Å²) in [5, 5.41) is 7.50. The molecular formula is C20H20N2O3S2. The van der Waals surface area contributed by atoms with Crippen molar-refractivity contribution in [2.24, 2.45) is 0 Å². The van der Waals surface area contributed by atoms with Gasteiger partial charge < -0.3 is 10.1 Å². The van der Waals surface area contributed by atoms with E-state index in [0.29, 0.717) is 12.2 Å². The number of hydrogen-bond donors (Lipinski definition) is 1. The van der Waals surface area contributed by atoms with Crippen molar-refractivity contribution in [2.45, 2.75) is 19.3 Å². The molecule has 1 N–H and O–H groups in total. The highest BCUT2D eigenvalue weighted by Gasteiger charge is 2.12. The molecule has 0 atom stereocenters. The summed E-state index contributed by atoms with van der Waals surface area (Å²) in [5.74, 6) is -0.730. The maximum absolute atomic E-state index is 11.9. The fourth-order valence-electron chi connectivity index (χ4n) is 2.46. The maximum Gasteiger partial charge on any atom is 0.312 e. The van der Waals surface area contributed by atoms with Crippen LogP contribution >= 0.6 is 22.7 Å². The van der Waals surface area contributed by atoms with Crippen LogP contribution < -0.4 is 5.32 Å². The summed E-state index contributed by atoms with van der Waals surface area (Å²) in [5.41, 5.74) is 1.90. The minimum Gasteiger partial charge on any atom is -0.455 e. The second-order valence-corrected chi connectivity index (χ2v) is 7.70. The molecule has 0 aliphatic rings. The summed E-state index contributed by atoms with van der Waals surface area (Å²) in [7, 11) is 0. The lowest BCUT2D eigenvalue weighted by Crippen LogP contribution is -2.30. The zero-order valence-electron chi connectivity index (χ0n) is 14.7. The number of thiophene rings is 1. The molecule has 0 unspecified atom stereocenters. The number of ether oxygens (including phenoxy) is 1. The van der Waals surface area contributed by atoms with E-state index in [1.165, 1.54) is 16.9 Å². The minimum atomic E-state index is -0.447. The summed E-state index contributed by atoms with van der Waals surface area (Å²) in [6.07, 6.45) is 1.81. The van der Waals surface area contributed by atoms with Crippen molar-refractivity contribution in [3.05, 3.63) is 64.5 Å². The summed E-state index contributed by atoms with van der Waals surface area (Å²) in [6, 6.07) is 14.1. The zero-order valence-corrected chi connectivity index (χ0v) is 16.4. The first-order valence-electron chi connectivity index (χ1n) is 8.65. The fourth-order valence-corrected chi connectivity index (χ4v) is 4.10. The number of aromatic nitrogens is 1. The molecule has 27 heavy (non-hydrogen) atoms. The van der Waals surface area contributed by atoms with E-state index in [0.717, 1.165) is 22.7 Å². The number of carbonyl (C=O) groups excluding carboxylic acids is 2. The molecule has 2 aromatic heterocycles. The molecule has 1 amide bonds. The SMILES string of the molecule is O=C(COC(=O)Cc1csc(-c2cccs2)n1)NCCCc1ccccc1. The number of aryl methyl sites for hydroxylation is 1. The number of nitrogens with zero attached hydrogens (tertiary/aromatic N) is 1. The minimum absolute atomic E-state index is 0.0726. The summed E-state index contributed by atoms with van der Waals surface area (Å²) in [6.45, 7) is 0.299. The van der Waals surface area contributed by atoms with Crippen molar-refractivity contribution < 1.29 is 14.3 Å². The van der Waals surface area contributed by atoms with E-state index in [4.69, 9.17) is 4.74 Å². The molecule has 5 nitrogen and oxygen atoms in total. The highest BCUT2D eigenvalue weighted by molar-refractivity contribution is 7.20. The molecule has 3 rings (SSSR count). The maximum atomic E-state index is 11.9. The summed E-state index contributed by atoms with van der Waals surface area (Å²) in [4.78, 5) is 29.2. The van der Waals surface area contributed by atoms with Crippen molar-refractivity contribution in [1.82, 2.24) is 10.3 Å². The second kappa shape index (κ2) is 9.99. The Kier molecular flexibility index (Phi) is 7.12. The first kappa shape index (κ1) is 19.3. The van der Waals surface area contributed by atoms with Crippen molar-refractivity contribution >= 4 is 34.6 Å². The van der Waals surface area contributed by atoms with Crippen LogP contribution in [-0.2, 0) is 27.2 Å². The van der Waals surface area contributed by atoms with Gasteiger partial charge in [-0.25, -0.2) is 4.98 Å². The number of hydrogen-bond acceptors (Lipinski definition) is 6. The monoisotopic (exact) mass is 400 g/mol. The van der Waals surface area contributed by atoms with Gasteiger partial charge in [-0.05, 0) is 29.9 Å². The van der Waals surface area contributed by atoms with Crippen molar-refractivity contribution in [3.63, 3.8) is 0 Å². The van der Waals surface area contributed by atoms with E-state index in [1.54, 1.807) is 11.3 Å². The number of nitrogens with one attached hydrogen (secondary N) is 1. The molecule has 1 aromatic carbocycles. The number of esters is 1. The number of rotatable bonds is 9. The van der Waals surface area contributed by atoms with Crippen LogP contribution in [0.5, 0.6) is 0 Å². The fraction of sp³-hybridized carbons (Fsp3) is 0.250. The van der Waals surface area contributed by atoms with Gasteiger partial charge in [0.15, 0.2) is 6.61 Å². The van der Waals surface area contributed by atoms with Crippen LogP contribution in [0.15, 0.2) is 53.2 Å². The Morgan fingerprint density at radius 2 is 1.93 bits per heavy atom. The normalized spacial score (nSPS) is 10.5. The third-order valence-corrected chi connectivity index (χ3v) is 5.71. The van der Waals surface area contributed by atoms with Crippen molar-refractivity contribution in [2.75, 3.05) is 13.2 Å². The molecule has 0 fully saturated rings. The highest BCUT2D eigenvalue weighted by Crippen LogP contribution is 2.27. The van der Waals surface area contributed by atoms with Gasteiger partial charge in [-0.1, -0.05) is 36.4 Å². The van der Waals surface area contributed by atoms with E-state index >= 15 is 0 Å². The Morgan fingerprint density at radius 1 is 1.07 bits per heavy atom. The van der Waals surface area contributed by atoms with Crippen LogP contribution in [0.1, 0.15) is 17.7 Å². The molecule has 0 saturated carbocycles. The zero-order chi connectivity index (χ0) is 18.9. The van der Waals surface area contributed by atoms with Gasteiger partial charge in [-0.2, -0.15) is 0 Å². The Labute approximate surface area is 166 Å². The van der Waals surface area contributed by atoms with Crippen LogP contribution in [0.2, 0.25) is 0 Å². The Balaban J connectivity index is 1.32. The summed E-state index contributed by atoms with van der Waals surface area (Å²) >= 11 is 3.11. The van der Waals surface area contributed by atoms with Gasteiger partial charge in [0.2, 0.25) is 0 Å². The predicted octanol–water partition coefficient (Wildman–Crippen LogP) is 3.71. The molecule has 0 aliphatic carbocycles. The van der Waals surface area contributed by atoms with Crippen LogP contribution in [-0.4, -0.2) is 30.0 Å². The van der Waals surface area contributed by atoms with Gasteiger partial charge in [0.05, 0.1) is 17.0 Å². The van der Waals surface area contributed by atoms with Gasteiger partial charge in [-0.3, -0.25) is 9.59 Å². The number of thiazole rings is 1. The van der Waals surface area contributed by atoms with Crippen LogP contribution in [0.25, 0.3) is 9.88 Å².